The van der Waals surface area contributed by atoms with Gasteiger partial charge in [-0.05, 0) is 25.5 Å². The van der Waals surface area contributed by atoms with E-state index >= 15 is 0 Å². The van der Waals surface area contributed by atoms with Gasteiger partial charge < -0.3 is 5.32 Å². The van der Waals surface area contributed by atoms with Crippen LogP contribution in [0.15, 0.2) is 18.5 Å². The molecule has 104 valence electrons. The van der Waals surface area contributed by atoms with E-state index in [1.165, 1.54) is 0 Å². The Morgan fingerprint density at radius 3 is 2.79 bits per heavy atom. The summed E-state index contributed by atoms with van der Waals surface area (Å²) in [4.78, 5) is 16.1. The van der Waals surface area contributed by atoms with E-state index in [-0.39, 0.29) is 5.56 Å². The number of piperidine rings is 1. The molecule has 2 heterocycles. The first-order chi connectivity index (χ1) is 8.84. The maximum atomic E-state index is 12.9. The lowest BCUT2D eigenvalue weighted by molar-refractivity contribution is -0.138. The lowest BCUT2D eigenvalue weighted by atomic mass is 9.76. The maximum absolute atomic E-state index is 12.9. The van der Waals surface area contributed by atoms with Gasteiger partial charge in [0.1, 0.15) is 0 Å². The van der Waals surface area contributed by atoms with Crippen LogP contribution in [0.25, 0.3) is 0 Å². The molecule has 1 fully saturated rings. The van der Waals surface area contributed by atoms with E-state index in [4.69, 9.17) is 0 Å². The Morgan fingerprint density at radius 1 is 1.47 bits per heavy atom. The predicted molar refractivity (Wildman–Crippen MR) is 63.8 cm³/mol. The van der Waals surface area contributed by atoms with Crippen LogP contribution in [0.5, 0.6) is 0 Å². The summed E-state index contributed by atoms with van der Waals surface area (Å²) in [7, 11) is 0. The number of nitrogens with one attached hydrogen (secondary N) is 1. The number of hydrogen-bond donors (Lipinski definition) is 1. The number of hydrogen-bond acceptors (Lipinski definition) is 3. The van der Waals surface area contributed by atoms with Crippen molar-refractivity contribution < 1.29 is 18.0 Å². The van der Waals surface area contributed by atoms with Crippen LogP contribution in [0.1, 0.15) is 35.7 Å². The Morgan fingerprint density at radius 2 is 2.21 bits per heavy atom. The number of nitrogens with zero attached hydrogens (tertiary/aromatic N) is 1. The molecule has 2 rings (SSSR count). The number of alkyl halides is 3. The van der Waals surface area contributed by atoms with Gasteiger partial charge in [0.15, 0.2) is 5.78 Å². The van der Waals surface area contributed by atoms with Gasteiger partial charge >= 0.3 is 6.18 Å². The molecule has 3 nitrogen and oxygen atoms in total. The second kappa shape index (κ2) is 4.92. The van der Waals surface area contributed by atoms with Crippen molar-refractivity contribution in [1.82, 2.24) is 10.3 Å². The Bertz CT molecular complexity index is 479. The van der Waals surface area contributed by atoms with Gasteiger partial charge in [-0.1, -0.05) is 6.92 Å². The van der Waals surface area contributed by atoms with Crippen molar-refractivity contribution in [3.8, 4) is 0 Å². The van der Waals surface area contributed by atoms with Gasteiger partial charge in [0, 0.05) is 29.9 Å². The van der Waals surface area contributed by atoms with E-state index in [0.717, 1.165) is 31.4 Å². The van der Waals surface area contributed by atoms with Gasteiger partial charge in [0.25, 0.3) is 0 Å². The number of pyridine rings is 1. The molecule has 1 N–H and O–H groups in total. The fraction of sp³-hybridized carbons (Fsp3) is 0.538. The average Bonchev–Trinajstić information content (AvgIpc) is 2.38. The number of Topliss-reactive ketones (excluding diaryl/α,β-unsaturated/α-hetero) is 1. The summed E-state index contributed by atoms with van der Waals surface area (Å²) in [5.74, 6) is -0.486. The number of carbonyl (C=O) groups excluding carboxylic acids is 1. The van der Waals surface area contributed by atoms with E-state index in [1.54, 1.807) is 6.92 Å². The van der Waals surface area contributed by atoms with E-state index in [1.807, 2.05) is 0 Å². The molecular weight excluding hydrogens is 257 g/mol. The van der Waals surface area contributed by atoms with Crippen LogP contribution in [0.2, 0.25) is 0 Å². The third kappa shape index (κ3) is 2.78. The van der Waals surface area contributed by atoms with E-state index in [0.29, 0.717) is 13.0 Å². The third-order valence-corrected chi connectivity index (χ3v) is 3.52. The third-order valence-electron chi connectivity index (χ3n) is 3.52. The van der Waals surface area contributed by atoms with Crippen LogP contribution >= 0.6 is 0 Å². The second-order valence-corrected chi connectivity index (χ2v) is 5.09. The highest BCUT2D eigenvalue weighted by Crippen LogP contribution is 2.36. The normalized spacial score (nSPS) is 24.2. The van der Waals surface area contributed by atoms with Gasteiger partial charge in [-0.25, -0.2) is 0 Å². The number of carbonyl (C=O) groups is 1. The maximum Gasteiger partial charge on any atom is 0.417 e. The number of halogens is 3. The molecule has 0 spiro atoms. The first-order valence-corrected chi connectivity index (χ1v) is 6.11. The molecule has 1 aromatic rings. The standard InChI is InChI=1S/C13H15F3N2O/c1-12(4-2-5-18-8-12)11(19)9-7-17-6-3-10(9)13(14,15)16/h3,6-7,18H,2,4-5,8H2,1H3. The Hall–Kier alpha value is -1.43. The van der Waals surface area contributed by atoms with Crippen LogP contribution in [0.4, 0.5) is 13.2 Å². The SMILES string of the molecule is CC1(C(=O)c2cnccc2C(F)(F)F)CCCNC1. The molecule has 0 bridgehead atoms. The zero-order chi connectivity index (χ0) is 14.1. The topological polar surface area (TPSA) is 42.0 Å². The molecule has 1 aliphatic rings. The van der Waals surface area contributed by atoms with E-state index in [9.17, 15) is 18.0 Å². The van der Waals surface area contributed by atoms with Crippen molar-refractivity contribution in [2.24, 2.45) is 5.41 Å². The lowest BCUT2D eigenvalue weighted by Crippen LogP contribution is -2.43. The van der Waals surface area contributed by atoms with Crippen LogP contribution in [-0.2, 0) is 6.18 Å². The van der Waals surface area contributed by atoms with Gasteiger partial charge in [0.2, 0.25) is 0 Å². The number of aromatic nitrogens is 1. The molecule has 1 aromatic heterocycles. The first-order valence-electron chi connectivity index (χ1n) is 6.11. The highest BCUT2D eigenvalue weighted by molar-refractivity contribution is 6.01. The summed E-state index contributed by atoms with van der Waals surface area (Å²) in [5.41, 5.74) is -2.03. The van der Waals surface area contributed by atoms with Gasteiger partial charge in [-0.3, -0.25) is 9.78 Å². The van der Waals surface area contributed by atoms with Crippen molar-refractivity contribution in [3.05, 3.63) is 29.6 Å². The van der Waals surface area contributed by atoms with Gasteiger partial charge in [-0.15, -0.1) is 0 Å². The molecule has 0 saturated carbocycles. The molecular formula is C13H15F3N2O. The van der Waals surface area contributed by atoms with Gasteiger partial charge in [-0.2, -0.15) is 13.2 Å². The smallest absolute Gasteiger partial charge is 0.316 e. The lowest BCUT2D eigenvalue weighted by Gasteiger charge is -2.33. The Balaban J connectivity index is 2.39. The summed E-state index contributed by atoms with van der Waals surface area (Å²) < 4.78 is 38.7. The molecule has 1 unspecified atom stereocenters. The van der Waals surface area contributed by atoms with Crippen molar-refractivity contribution in [2.75, 3.05) is 13.1 Å². The minimum absolute atomic E-state index is 0.332. The minimum atomic E-state index is -4.54. The average molecular weight is 272 g/mol. The molecule has 1 aliphatic heterocycles. The van der Waals surface area contributed by atoms with Gasteiger partial charge in [0.05, 0.1) is 5.56 Å². The first kappa shape index (κ1) is 14.0. The number of rotatable bonds is 2. The molecule has 1 atom stereocenters. The van der Waals surface area contributed by atoms with Crippen molar-refractivity contribution in [2.45, 2.75) is 25.9 Å². The highest BCUT2D eigenvalue weighted by Gasteiger charge is 2.41. The van der Waals surface area contributed by atoms with Crippen LogP contribution in [0, 0.1) is 5.41 Å². The fourth-order valence-electron chi connectivity index (χ4n) is 2.40. The zero-order valence-electron chi connectivity index (χ0n) is 10.5. The highest BCUT2D eigenvalue weighted by atomic mass is 19.4. The Kier molecular flexibility index (Phi) is 3.62. The Labute approximate surface area is 109 Å². The molecule has 0 aliphatic carbocycles. The molecule has 6 heteroatoms. The molecule has 0 amide bonds. The van der Waals surface area contributed by atoms with Crippen LogP contribution in [-0.4, -0.2) is 23.9 Å². The minimum Gasteiger partial charge on any atom is -0.316 e. The number of ketones is 1. The van der Waals surface area contributed by atoms with Crippen molar-refractivity contribution >= 4 is 5.78 Å². The quantitative estimate of drug-likeness (QED) is 0.842. The predicted octanol–water partition coefficient (Wildman–Crippen LogP) is 2.67. The van der Waals surface area contributed by atoms with Crippen LogP contribution in [0.3, 0.4) is 0 Å². The zero-order valence-corrected chi connectivity index (χ0v) is 10.5. The summed E-state index contributed by atoms with van der Waals surface area (Å²) in [6, 6.07) is 0.854. The van der Waals surface area contributed by atoms with Crippen molar-refractivity contribution in [3.63, 3.8) is 0 Å². The second-order valence-electron chi connectivity index (χ2n) is 5.09. The largest absolute Gasteiger partial charge is 0.417 e. The fourth-order valence-corrected chi connectivity index (χ4v) is 2.40. The summed E-state index contributed by atoms with van der Waals surface area (Å²) >= 11 is 0. The van der Waals surface area contributed by atoms with E-state index < -0.39 is 22.9 Å². The molecule has 1 saturated heterocycles. The van der Waals surface area contributed by atoms with E-state index in [2.05, 4.69) is 10.3 Å². The molecule has 19 heavy (non-hydrogen) atoms. The molecule has 0 aromatic carbocycles. The molecule has 0 radical (unpaired) electrons. The van der Waals surface area contributed by atoms with Crippen molar-refractivity contribution in [1.29, 1.82) is 0 Å². The summed E-state index contributed by atoms with van der Waals surface area (Å²) in [6.07, 6.45) is -1.09. The summed E-state index contributed by atoms with van der Waals surface area (Å²) in [6.45, 7) is 2.90. The summed E-state index contributed by atoms with van der Waals surface area (Å²) in [5, 5.41) is 3.06. The van der Waals surface area contributed by atoms with Crippen LogP contribution < -0.4 is 5.32 Å². The monoisotopic (exact) mass is 272 g/mol.